The average molecular weight is 325 g/mol. The van der Waals surface area contributed by atoms with Crippen LogP contribution in [0, 0.1) is 0 Å². The minimum atomic E-state index is -0.0369. The largest absolute Gasteiger partial charge is 0.325 e. The number of hydrogen-bond acceptors (Lipinski definition) is 1. The Morgan fingerprint density at radius 1 is 1.31 bits per heavy atom. The second-order valence-electron chi connectivity index (χ2n) is 3.30. The smallest absolute Gasteiger partial charge is 0.224 e. The molecular formula is C11H12BrCl2NO. The van der Waals surface area contributed by atoms with Gasteiger partial charge >= 0.3 is 0 Å². The second kappa shape index (κ2) is 7.15. The third-order valence-corrected chi connectivity index (χ3v) is 3.39. The van der Waals surface area contributed by atoms with Crippen LogP contribution in [0.2, 0.25) is 10.0 Å². The van der Waals surface area contributed by atoms with Crippen LogP contribution in [0.4, 0.5) is 5.69 Å². The van der Waals surface area contributed by atoms with Gasteiger partial charge in [0, 0.05) is 11.8 Å². The normalized spacial score (nSPS) is 10.2. The summed E-state index contributed by atoms with van der Waals surface area (Å²) in [5, 5.41) is 4.49. The molecule has 0 unspecified atom stereocenters. The first kappa shape index (κ1) is 13.8. The summed E-state index contributed by atoms with van der Waals surface area (Å²) in [6, 6.07) is 5.17. The molecule has 0 saturated carbocycles. The Hall–Kier alpha value is -0.250. The van der Waals surface area contributed by atoms with E-state index in [1.165, 1.54) is 0 Å². The molecule has 88 valence electrons. The van der Waals surface area contributed by atoms with Crippen LogP contribution >= 0.6 is 39.1 Å². The summed E-state index contributed by atoms with van der Waals surface area (Å²) in [5.41, 5.74) is 0.568. The molecule has 0 bridgehead atoms. The maximum Gasteiger partial charge on any atom is 0.224 e. The van der Waals surface area contributed by atoms with Gasteiger partial charge in [-0.3, -0.25) is 4.79 Å². The van der Waals surface area contributed by atoms with E-state index in [-0.39, 0.29) is 5.91 Å². The van der Waals surface area contributed by atoms with Crippen molar-refractivity contribution in [1.82, 2.24) is 0 Å². The molecule has 0 saturated heterocycles. The summed E-state index contributed by atoms with van der Waals surface area (Å²) in [6.07, 6.45) is 2.33. The van der Waals surface area contributed by atoms with Crippen molar-refractivity contribution in [2.24, 2.45) is 0 Å². The fourth-order valence-electron chi connectivity index (χ4n) is 1.19. The Kier molecular flexibility index (Phi) is 6.17. The maximum atomic E-state index is 11.5. The summed E-state index contributed by atoms with van der Waals surface area (Å²) >= 11 is 15.1. The summed E-state index contributed by atoms with van der Waals surface area (Å²) in [7, 11) is 0. The van der Waals surface area contributed by atoms with Crippen LogP contribution in [-0.2, 0) is 4.79 Å². The van der Waals surface area contributed by atoms with Gasteiger partial charge in [0.15, 0.2) is 0 Å². The first-order valence-corrected chi connectivity index (χ1v) is 6.82. The van der Waals surface area contributed by atoms with Gasteiger partial charge in [-0.25, -0.2) is 0 Å². The molecule has 1 N–H and O–H groups in total. The van der Waals surface area contributed by atoms with Gasteiger partial charge in [-0.1, -0.05) is 45.2 Å². The molecule has 1 amide bonds. The van der Waals surface area contributed by atoms with E-state index in [0.29, 0.717) is 22.2 Å². The summed E-state index contributed by atoms with van der Waals surface area (Å²) in [4.78, 5) is 11.5. The number of hydrogen-bond donors (Lipinski definition) is 1. The zero-order chi connectivity index (χ0) is 12.0. The molecule has 0 aromatic heterocycles. The topological polar surface area (TPSA) is 29.1 Å². The van der Waals surface area contributed by atoms with Crippen LogP contribution in [0.25, 0.3) is 0 Å². The average Bonchev–Trinajstić information content (AvgIpc) is 2.25. The number of carbonyl (C=O) groups is 1. The predicted molar refractivity (Wildman–Crippen MR) is 72.7 cm³/mol. The van der Waals surface area contributed by atoms with E-state index < -0.39 is 0 Å². The third kappa shape index (κ3) is 4.32. The Morgan fingerprint density at radius 3 is 2.75 bits per heavy atom. The summed E-state index contributed by atoms with van der Waals surface area (Å²) in [6.45, 7) is 0. The van der Waals surface area contributed by atoms with Crippen LogP contribution in [0.3, 0.4) is 0 Å². The highest BCUT2D eigenvalue weighted by Crippen LogP contribution is 2.29. The lowest BCUT2D eigenvalue weighted by Crippen LogP contribution is -2.11. The van der Waals surface area contributed by atoms with Crippen LogP contribution in [-0.4, -0.2) is 11.2 Å². The van der Waals surface area contributed by atoms with Gasteiger partial charge in [-0.15, -0.1) is 0 Å². The molecule has 0 radical (unpaired) electrons. The maximum absolute atomic E-state index is 11.5. The molecule has 0 atom stereocenters. The molecule has 5 heteroatoms. The fourth-order valence-corrected chi connectivity index (χ4v) is 1.94. The van der Waals surface area contributed by atoms with Crippen LogP contribution in [0.1, 0.15) is 19.3 Å². The molecule has 0 heterocycles. The first-order chi connectivity index (χ1) is 7.65. The van der Waals surface area contributed by atoms with Crippen molar-refractivity contribution in [2.45, 2.75) is 19.3 Å². The quantitative estimate of drug-likeness (QED) is 0.627. The van der Waals surface area contributed by atoms with Gasteiger partial charge in [-0.05, 0) is 25.0 Å². The Bertz CT molecular complexity index is 371. The lowest BCUT2D eigenvalue weighted by atomic mass is 10.2. The minimum Gasteiger partial charge on any atom is -0.325 e. The molecule has 2 nitrogen and oxygen atoms in total. The van der Waals surface area contributed by atoms with Crippen LogP contribution in [0.5, 0.6) is 0 Å². The standard InChI is InChI=1S/C11H12BrCl2NO/c12-7-2-1-6-10(16)15-9-5-3-4-8(13)11(9)14/h3-5H,1-2,6-7H2,(H,15,16). The van der Waals surface area contributed by atoms with Crippen LogP contribution in [0.15, 0.2) is 18.2 Å². The zero-order valence-electron chi connectivity index (χ0n) is 8.60. The van der Waals surface area contributed by atoms with Gasteiger partial charge in [0.1, 0.15) is 0 Å². The van der Waals surface area contributed by atoms with E-state index in [1.54, 1.807) is 18.2 Å². The van der Waals surface area contributed by atoms with E-state index in [1.807, 2.05) is 0 Å². The molecule has 0 fully saturated rings. The molecule has 0 aliphatic carbocycles. The predicted octanol–water partition coefficient (Wildman–Crippen LogP) is 4.50. The van der Waals surface area contributed by atoms with E-state index in [2.05, 4.69) is 21.2 Å². The van der Waals surface area contributed by atoms with Gasteiger partial charge in [0.25, 0.3) is 0 Å². The van der Waals surface area contributed by atoms with E-state index in [0.717, 1.165) is 18.2 Å². The number of benzene rings is 1. The monoisotopic (exact) mass is 323 g/mol. The van der Waals surface area contributed by atoms with Gasteiger partial charge < -0.3 is 5.32 Å². The highest BCUT2D eigenvalue weighted by atomic mass is 79.9. The van der Waals surface area contributed by atoms with E-state index in [4.69, 9.17) is 23.2 Å². The Morgan fingerprint density at radius 2 is 2.06 bits per heavy atom. The lowest BCUT2D eigenvalue weighted by molar-refractivity contribution is -0.116. The van der Waals surface area contributed by atoms with Crippen molar-refractivity contribution in [2.75, 3.05) is 10.6 Å². The lowest BCUT2D eigenvalue weighted by Gasteiger charge is -2.07. The van der Waals surface area contributed by atoms with E-state index >= 15 is 0 Å². The number of unbranched alkanes of at least 4 members (excludes halogenated alkanes) is 1. The number of carbonyl (C=O) groups excluding carboxylic acids is 1. The number of halogens is 3. The Balaban J connectivity index is 2.53. The first-order valence-electron chi connectivity index (χ1n) is 4.95. The van der Waals surface area contributed by atoms with Crippen molar-refractivity contribution < 1.29 is 4.79 Å². The van der Waals surface area contributed by atoms with Crippen molar-refractivity contribution >= 4 is 50.7 Å². The van der Waals surface area contributed by atoms with Gasteiger partial charge in [0.05, 0.1) is 15.7 Å². The highest BCUT2D eigenvalue weighted by molar-refractivity contribution is 9.09. The van der Waals surface area contributed by atoms with Gasteiger partial charge in [-0.2, -0.15) is 0 Å². The number of amides is 1. The molecule has 0 spiro atoms. The second-order valence-corrected chi connectivity index (χ2v) is 4.87. The van der Waals surface area contributed by atoms with Crippen molar-refractivity contribution in [3.63, 3.8) is 0 Å². The minimum absolute atomic E-state index is 0.0369. The van der Waals surface area contributed by atoms with Crippen molar-refractivity contribution in [3.8, 4) is 0 Å². The molecule has 0 aliphatic rings. The number of anilines is 1. The summed E-state index contributed by atoms with van der Waals surface area (Å²) in [5.74, 6) is -0.0369. The highest BCUT2D eigenvalue weighted by Gasteiger charge is 2.07. The van der Waals surface area contributed by atoms with Crippen molar-refractivity contribution in [1.29, 1.82) is 0 Å². The fraction of sp³-hybridized carbons (Fsp3) is 0.364. The third-order valence-electron chi connectivity index (χ3n) is 2.01. The molecule has 1 aromatic rings. The van der Waals surface area contributed by atoms with Crippen LogP contribution < -0.4 is 5.32 Å². The van der Waals surface area contributed by atoms with Crippen molar-refractivity contribution in [3.05, 3.63) is 28.2 Å². The number of alkyl halides is 1. The Labute approximate surface area is 113 Å². The molecule has 1 aromatic carbocycles. The SMILES string of the molecule is O=C(CCCCBr)Nc1cccc(Cl)c1Cl. The number of rotatable bonds is 5. The van der Waals surface area contributed by atoms with E-state index in [9.17, 15) is 4.79 Å². The molecule has 0 aliphatic heterocycles. The summed E-state index contributed by atoms with van der Waals surface area (Å²) < 4.78 is 0. The number of nitrogens with one attached hydrogen (secondary N) is 1. The molecular weight excluding hydrogens is 313 g/mol. The molecule has 16 heavy (non-hydrogen) atoms. The zero-order valence-corrected chi connectivity index (χ0v) is 11.7. The molecule has 1 rings (SSSR count). The van der Waals surface area contributed by atoms with Gasteiger partial charge in [0.2, 0.25) is 5.91 Å².